The van der Waals surface area contributed by atoms with E-state index in [2.05, 4.69) is 61.4 Å². The molecule has 0 aliphatic heterocycles. The minimum atomic E-state index is 0.431. The molecule has 4 heteroatoms. The highest BCUT2D eigenvalue weighted by atomic mass is 16.5. The zero-order chi connectivity index (χ0) is 15.4. The van der Waals surface area contributed by atoms with E-state index in [1.807, 2.05) is 0 Å². The van der Waals surface area contributed by atoms with Gasteiger partial charge in [0.05, 0.1) is 18.7 Å². The van der Waals surface area contributed by atoms with Gasteiger partial charge in [0.1, 0.15) is 5.75 Å². The van der Waals surface area contributed by atoms with Crippen LogP contribution in [0.4, 0.5) is 0 Å². The molecule has 0 unspecified atom stereocenters. The van der Waals surface area contributed by atoms with Gasteiger partial charge >= 0.3 is 0 Å². The fourth-order valence-electron chi connectivity index (χ4n) is 2.54. The molecule has 2 rings (SSSR count). The Morgan fingerprint density at radius 1 is 1.19 bits per heavy atom. The fraction of sp³-hybridized carbons (Fsp3) is 0.588. The first kappa shape index (κ1) is 15.8. The van der Waals surface area contributed by atoms with Crippen LogP contribution in [0.25, 0.3) is 11.0 Å². The van der Waals surface area contributed by atoms with Crippen molar-refractivity contribution in [1.82, 2.24) is 4.57 Å². The molecule has 0 aliphatic rings. The Kier molecular flexibility index (Phi) is 5.23. The predicted octanol–water partition coefficient (Wildman–Crippen LogP) is 3.21. The molecule has 0 fully saturated rings. The Balaban J connectivity index is 2.30. The zero-order valence-electron chi connectivity index (χ0n) is 13.7. The largest absolute Gasteiger partial charge is 0.493 e. The Morgan fingerprint density at radius 3 is 2.57 bits per heavy atom. The summed E-state index contributed by atoms with van der Waals surface area (Å²) in [4.78, 5) is 0. The van der Waals surface area contributed by atoms with E-state index < -0.39 is 0 Å². The Labute approximate surface area is 127 Å². The SMILES string of the molecule is CC(C)n1c[n+](C(C)C)c2cc(OCCCCN)ccc21. The molecule has 0 amide bonds. The van der Waals surface area contributed by atoms with Crippen LogP contribution in [0.2, 0.25) is 0 Å². The summed E-state index contributed by atoms with van der Waals surface area (Å²) in [5.41, 5.74) is 7.99. The summed E-state index contributed by atoms with van der Waals surface area (Å²) >= 11 is 0. The third-order valence-corrected chi connectivity index (χ3v) is 3.73. The second kappa shape index (κ2) is 6.94. The quantitative estimate of drug-likeness (QED) is 0.628. The van der Waals surface area contributed by atoms with Crippen molar-refractivity contribution in [3.05, 3.63) is 24.5 Å². The summed E-state index contributed by atoms with van der Waals surface area (Å²) in [6, 6.07) is 7.25. The molecular formula is C17H28N3O+. The fourth-order valence-corrected chi connectivity index (χ4v) is 2.54. The van der Waals surface area contributed by atoms with E-state index in [0.717, 1.165) is 31.7 Å². The van der Waals surface area contributed by atoms with Gasteiger partial charge in [-0.3, -0.25) is 0 Å². The van der Waals surface area contributed by atoms with Crippen molar-refractivity contribution in [2.75, 3.05) is 13.2 Å². The van der Waals surface area contributed by atoms with Gasteiger partial charge in [0, 0.05) is 6.07 Å². The third kappa shape index (κ3) is 3.56. The number of nitrogens with two attached hydrogens (primary N) is 1. The lowest BCUT2D eigenvalue weighted by molar-refractivity contribution is -0.692. The van der Waals surface area contributed by atoms with E-state index in [1.54, 1.807) is 0 Å². The number of unbranched alkanes of at least 4 members (excludes halogenated alkanes) is 1. The van der Waals surface area contributed by atoms with Crippen LogP contribution in [0, 0.1) is 0 Å². The number of aromatic nitrogens is 2. The highest BCUT2D eigenvalue weighted by Gasteiger charge is 2.20. The van der Waals surface area contributed by atoms with Gasteiger partial charge in [-0.15, -0.1) is 0 Å². The normalized spacial score (nSPS) is 11.8. The summed E-state index contributed by atoms with van der Waals surface area (Å²) in [5.74, 6) is 0.940. The molecule has 0 saturated heterocycles. The van der Waals surface area contributed by atoms with Crippen LogP contribution in [-0.4, -0.2) is 17.7 Å². The smallest absolute Gasteiger partial charge is 0.245 e. The van der Waals surface area contributed by atoms with Crippen LogP contribution in [0.5, 0.6) is 5.75 Å². The minimum absolute atomic E-state index is 0.431. The first-order chi connectivity index (χ1) is 10.0. The summed E-state index contributed by atoms with van der Waals surface area (Å²) < 4.78 is 10.5. The van der Waals surface area contributed by atoms with Crippen molar-refractivity contribution >= 4 is 11.0 Å². The van der Waals surface area contributed by atoms with Crippen LogP contribution >= 0.6 is 0 Å². The number of imidazole rings is 1. The van der Waals surface area contributed by atoms with E-state index in [4.69, 9.17) is 10.5 Å². The Hall–Kier alpha value is -1.55. The van der Waals surface area contributed by atoms with Crippen molar-refractivity contribution in [1.29, 1.82) is 0 Å². The molecular weight excluding hydrogens is 262 g/mol. The minimum Gasteiger partial charge on any atom is -0.493 e. The van der Waals surface area contributed by atoms with Gasteiger partial charge in [0.25, 0.3) is 0 Å². The average molecular weight is 290 g/mol. The van der Waals surface area contributed by atoms with Gasteiger partial charge < -0.3 is 10.5 Å². The first-order valence-corrected chi connectivity index (χ1v) is 7.93. The molecule has 0 spiro atoms. The lowest BCUT2D eigenvalue weighted by Gasteiger charge is -2.06. The van der Waals surface area contributed by atoms with Crippen molar-refractivity contribution < 1.29 is 9.30 Å². The number of ether oxygens (including phenoxy) is 1. The van der Waals surface area contributed by atoms with Gasteiger partial charge in [0.2, 0.25) is 6.33 Å². The molecule has 21 heavy (non-hydrogen) atoms. The summed E-state index contributed by atoms with van der Waals surface area (Å²) in [7, 11) is 0. The highest BCUT2D eigenvalue weighted by molar-refractivity contribution is 5.74. The van der Waals surface area contributed by atoms with E-state index in [-0.39, 0.29) is 0 Å². The van der Waals surface area contributed by atoms with Crippen molar-refractivity contribution in [3.63, 3.8) is 0 Å². The van der Waals surface area contributed by atoms with Crippen LogP contribution in [-0.2, 0) is 0 Å². The molecule has 1 heterocycles. The Morgan fingerprint density at radius 2 is 1.95 bits per heavy atom. The molecule has 0 aliphatic carbocycles. The number of nitrogens with zero attached hydrogens (tertiary/aromatic N) is 2. The van der Waals surface area contributed by atoms with E-state index >= 15 is 0 Å². The van der Waals surface area contributed by atoms with Gasteiger partial charge in [-0.2, -0.15) is 0 Å². The zero-order valence-corrected chi connectivity index (χ0v) is 13.7. The van der Waals surface area contributed by atoms with Gasteiger partial charge in [-0.1, -0.05) is 0 Å². The lowest BCUT2D eigenvalue weighted by atomic mass is 10.2. The second-order valence-corrected chi connectivity index (χ2v) is 6.11. The highest BCUT2D eigenvalue weighted by Crippen LogP contribution is 2.23. The van der Waals surface area contributed by atoms with Crippen LogP contribution in [0.15, 0.2) is 24.5 Å². The van der Waals surface area contributed by atoms with Crippen LogP contribution < -0.4 is 15.0 Å². The molecule has 116 valence electrons. The van der Waals surface area contributed by atoms with Gasteiger partial charge in [-0.05, 0) is 59.2 Å². The van der Waals surface area contributed by atoms with E-state index in [0.29, 0.717) is 12.1 Å². The molecule has 0 saturated carbocycles. The maximum absolute atomic E-state index is 5.84. The molecule has 0 atom stereocenters. The number of hydrogen-bond donors (Lipinski definition) is 1. The van der Waals surface area contributed by atoms with E-state index in [1.165, 1.54) is 11.0 Å². The lowest BCUT2D eigenvalue weighted by Crippen LogP contribution is -2.34. The van der Waals surface area contributed by atoms with Crippen molar-refractivity contribution in [3.8, 4) is 5.75 Å². The standard InChI is InChI=1S/C17H28N3O/c1-13(2)19-12-20(14(3)4)17-11-15(7-8-16(17)19)21-10-6-5-9-18/h7-8,11-14H,5-6,9-10,18H2,1-4H3/q+1. The maximum Gasteiger partial charge on any atom is 0.245 e. The average Bonchev–Trinajstić information content (AvgIpc) is 2.82. The third-order valence-electron chi connectivity index (χ3n) is 3.73. The second-order valence-electron chi connectivity index (χ2n) is 6.11. The number of benzene rings is 1. The molecule has 1 aromatic carbocycles. The molecule has 4 nitrogen and oxygen atoms in total. The molecule has 2 N–H and O–H groups in total. The maximum atomic E-state index is 5.84. The van der Waals surface area contributed by atoms with E-state index in [9.17, 15) is 0 Å². The number of hydrogen-bond acceptors (Lipinski definition) is 2. The summed E-state index contributed by atoms with van der Waals surface area (Å²) in [6.07, 6.45) is 4.22. The van der Waals surface area contributed by atoms with Crippen LogP contribution in [0.1, 0.15) is 52.6 Å². The first-order valence-electron chi connectivity index (χ1n) is 7.93. The molecule has 2 aromatic rings. The van der Waals surface area contributed by atoms with Crippen molar-refractivity contribution in [2.24, 2.45) is 5.73 Å². The summed E-state index contributed by atoms with van der Waals surface area (Å²) in [6.45, 7) is 10.3. The number of fused-ring (bicyclic) bond motifs is 1. The number of rotatable bonds is 7. The topological polar surface area (TPSA) is 44.1 Å². The Bertz CT molecular complexity index is 587. The summed E-state index contributed by atoms with van der Waals surface area (Å²) in [5, 5.41) is 0. The van der Waals surface area contributed by atoms with Gasteiger partial charge in [0.15, 0.2) is 11.0 Å². The molecule has 1 aromatic heterocycles. The molecule has 0 bridgehead atoms. The van der Waals surface area contributed by atoms with Gasteiger partial charge in [-0.25, -0.2) is 9.13 Å². The van der Waals surface area contributed by atoms with Crippen LogP contribution in [0.3, 0.4) is 0 Å². The predicted molar refractivity (Wildman–Crippen MR) is 86.7 cm³/mol. The molecule has 0 radical (unpaired) electrons. The monoisotopic (exact) mass is 290 g/mol. The van der Waals surface area contributed by atoms with Crippen molar-refractivity contribution in [2.45, 2.75) is 52.6 Å².